The average Bonchev–Trinajstić information content (AvgIpc) is 1.81. The van der Waals surface area contributed by atoms with Gasteiger partial charge in [-0.15, -0.1) is 0 Å². The fourth-order valence-electron chi connectivity index (χ4n) is 0.701. The zero-order chi connectivity index (χ0) is 8.20. The monoisotopic (exact) mass is 159 g/mol. The smallest absolute Gasteiger partial charge is 0.172 e. The predicted octanol–water partition coefficient (Wildman–Crippen LogP) is 1.66. The van der Waals surface area contributed by atoms with E-state index < -0.39 is 8.24 Å². The second-order valence-corrected chi connectivity index (χ2v) is 7.93. The summed E-state index contributed by atoms with van der Waals surface area (Å²) in [5, 5.41) is 8.78. The topological polar surface area (TPSA) is 32.6 Å². The van der Waals surface area contributed by atoms with Crippen LogP contribution in [0.4, 0.5) is 0 Å². The van der Waals surface area contributed by atoms with Crippen LogP contribution in [-0.4, -0.2) is 25.7 Å². The molecule has 0 saturated carbocycles. The van der Waals surface area contributed by atoms with Crippen LogP contribution in [-0.2, 0) is 0 Å². The maximum Gasteiger partial charge on any atom is 0.172 e. The molecule has 60 valence electrons. The number of rotatable bonds is 3. The minimum atomic E-state index is -1.33. The lowest BCUT2D eigenvalue weighted by Crippen LogP contribution is -2.20. The van der Waals surface area contributed by atoms with Crippen LogP contribution >= 0.6 is 0 Å². The van der Waals surface area contributed by atoms with Crippen molar-refractivity contribution < 1.29 is 5.11 Å². The third-order valence-corrected chi connectivity index (χ3v) is 2.07. The van der Waals surface area contributed by atoms with Crippen molar-refractivity contribution in [2.75, 3.05) is 6.61 Å². The van der Waals surface area contributed by atoms with Gasteiger partial charge < -0.3 is 9.76 Å². The van der Waals surface area contributed by atoms with Gasteiger partial charge in [-0.05, 0) is 26.1 Å². The lowest BCUT2D eigenvalue weighted by atomic mass is 10.3. The van der Waals surface area contributed by atoms with Crippen LogP contribution < -0.4 is 0 Å². The first kappa shape index (κ1) is 9.85. The quantitative estimate of drug-likeness (QED) is 0.493. The summed E-state index contributed by atoms with van der Waals surface area (Å²) >= 11 is 0. The number of aliphatic hydroxyl groups is 1. The molecule has 0 aromatic rings. The van der Waals surface area contributed by atoms with Crippen molar-refractivity contribution in [2.24, 2.45) is 4.66 Å². The molecule has 0 aliphatic heterocycles. The van der Waals surface area contributed by atoms with Gasteiger partial charge in [-0.2, -0.15) is 0 Å². The van der Waals surface area contributed by atoms with E-state index in [9.17, 15) is 0 Å². The molecule has 2 nitrogen and oxygen atoms in total. The van der Waals surface area contributed by atoms with Gasteiger partial charge in [-0.3, -0.25) is 0 Å². The first-order chi connectivity index (χ1) is 4.49. The second kappa shape index (κ2) is 3.88. The summed E-state index contributed by atoms with van der Waals surface area (Å²) < 4.78 is 4.45. The minimum Gasteiger partial charge on any atom is -0.390 e. The van der Waals surface area contributed by atoms with Crippen molar-refractivity contribution in [3.05, 3.63) is 0 Å². The van der Waals surface area contributed by atoms with Crippen molar-refractivity contribution in [1.29, 1.82) is 0 Å². The zero-order valence-electron chi connectivity index (χ0n) is 7.31. The number of aliphatic hydroxyl groups excluding tert-OH is 1. The SMILES string of the molecule is CCC(CO)=N[Si](C)(C)C. The Morgan fingerprint density at radius 1 is 1.40 bits per heavy atom. The van der Waals surface area contributed by atoms with Crippen molar-refractivity contribution in [1.82, 2.24) is 0 Å². The van der Waals surface area contributed by atoms with Gasteiger partial charge in [0.2, 0.25) is 0 Å². The van der Waals surface area contributed by atoms with Crippen LogP contribution in [0, 0.1) is 0 Å². The fraction of sp³-hybridized carbons (Fsp3) is 0.857. The Morgan fingerprint density at radius 3 is 2.00 bits per heavy atom. The molecule has 0 bridgehead atoms. The van der Waals surface area contributed by atoms with E-state index in [1.54, 1.807) is 0 Å². The summed E-state index contributed by atoms with van der Waals surface area (Å²) in [5.74, 6) is 0. The number of hydrogen-bond acceptors (Lipinski definition) is 2. The van der Waals surface area contributed by atoms with Crippen molar-refractivity contribution in [2.45, 2.75) is 33.0 Å². The first-order valence-electron chi connectivity index (χ1n) is 3.68. The Labute approximate surface area is 64.1 Å². The molecular formula is C7H17NOSi. The van der Waals surface area contributed by atoms with E-state index in [4.69, 9.17) is 5.11 Å². The Bertz CT molecular complexity index is 120. The van der Waals surface area contributed by atoms with Crippen LogP contribution in [0.2, 0.25) is 19.6 Å². The molecule has 0 aliphatic rings. The molecule has 0 radical (unpaired) electrons. The van der Waals surface area contributed by atoms with Crippen molar-refractivity contribution in [3.8, 4) is 0 Å². The van der Waals surface area contributed by atoms with Crippen LogP contribution in [0.15, 0.2) is 4.66 Å². The normalized spacial score (nSPS) is 13.9. The Kier molecular flexibility index (Phi) is 3.82. The highest BCUT2D eigenvalue weighted by Gasteiger charge is 2.11. The minimum absolute atomic E-state index is 0.126. The molecule has 0 spiro atoms. The highest BCUT2D eigenvalue weighted by molar-refractivity contribution is 6.75. The third kappa shape index (κ3) is 4.70. The lowest BCUT2D eigenvalue weighted by molar-refractivity contribution is 0.355. The van der Waals surface area contributed by atoms with Gasteiger partial charge in [0.1, 0.15) is 0 Å². The average molecular weight is 159 g/mol. The first-order valence-corrected chi connectivity index (χ1v) is 7.12. The lowest BCUT2D eigenvalue weighted by Gasteiger charge is -2.11. The predicted molar refractivity (Wildman–Crippen MR) is 48.2 cm³/mol. The maximum atomic E-state index is 8.78. The molecule has 0 rings (SSSR count). The van der Waals surface area contributed by atoms with E-state index in [1.807, 2.05) is 6.92 Å². The van der Waals surface area contributed by atoms with Gasteiger partial charge in [0.25, 0.3) is 0 Å². The molecule has 0 aromatic carbocycles. The highest BCUT2D eigenvalue weighted by Crippen LogP contribution is 2.03. The van der Waals surface area contributed by atoms with E-state index in [-0.39, 0.29) is 6.61 Å². The second-order valence-electron chi connectivity index (χ2n) is 3.36. The van der Waals surface area contributed by atoms with E-state index in [0.29, 0.717) is 0 Å². The summed E-state index contributed by atoms with van der Waals surface area (Å²) in [6, 6.07) is 0. The molecule has 0 heterocycles. The van der Waals surface area contributed by atoms with Crippen molar-refractivity contribution in [3.63, 3.8) is 0 Å². The molecule has 0 fully saturated rings. The summed E-state index contributed by atoms with van der Waals surface area (Å²) in [7, 11) is -1.33. The van der Waals surface area contributed by atoms with Gasteiger partial charge >= 0.3 is 0 Å². The molecule has 0 unspecified atom stereocenters. The van der Waals surface area contributed by atoms with Crippen LogP contribution in [0.3, 0.4) is 0 Å². The summed E-state index contributed by atoms with van der Waals surface area (Å²) in [6.45, 7) is 8.64. The summed E-state index contributed by atoms with van der Waals surface area (Å²) in [4.78, 5) is 0. The molecule has 0 aromatic heterocycles. The molecule has 10 heavy (non-hydrogen) atoms. The van der Waals surface area contributed by atoms with Crippen molar-refractivity contribution >= 4 is 13.9 Å². The molecule has 0 saturated heterocycles. The van der Waals surface area contributed by atoms with Gasteiger partial charge in [0, 0.05) is 5.71 Å². The molecule has 0 atom stereocenters. The Morgan fingerprint density at radius 2 is 1.90 bits per heavy atom. The number of hydrogen-bond donors (Lipinski definition) is 1. The molecular weight excluding hydrogens is 142 g/mol. The number of nitrogens with zero attached hydrogens (tertiary/aromatic N) is 1. The zero-order valence-corrected chi connectivity index (χ0v) is 8.31. The molecule has 0 amide bonds. The summed E-state index contributed by atoms with van der Waals surface area (Å²) in [6.07, 6.45) is 0.876. The largest absolute Gasteiger partial charge is 0.390 e. The summed E-state index contributed by atoms with van der Waals surface area (Å²) in [5.41, 5.74) is 0.944. The van der Waals surface area contributed by atoms with Gasteiger partial charge in [0.15, 0.2) is 8.24 Å². The highest BCUT2D eigenvalue weighted by atomic mass is 28.3. The molecule has 0 aliphatic carbocycles. The Balaban J connectivity index is 4.11. The van der Waals surface area contributed by atoms with Gasteiger partial charge in [-0.25, -0.2) is 0 Å². The van der Waals surface area contributed by atoms with E-state index in [0.717, 1.165) is 12.1 Å². The molecule has 1 N–H and O–H groups in total. The standard InChI is InChI=1S/C7H17NOSi/c1-5-7(6-9)8-10(2,3)4/h9H,5-6H2,1-4H3. The fourth-order valence-corrected chi connectivity index (χ4v) is 1.88. The van der Waals surface area contributed by atoms with Crippen LogP contribution in [0.5, 0.6) is 0 Å². The van der Waals surface area contributed by atoms with E-state index in [2.05, 4.69) is 24.3 Å². The van der Waals surface area contributed by atoms with Crippen LogP contribution in [0.1, 0.15) is 13.3 Å². The Hall–Kier alpha value is -0.153. The van der Waals surface area contributed by atoms with Crippen LogP contribution in [0.25, 0.3) is 0 Å². The maximum absolute atomic E-state index is 8.78. The van der Waals surface area contributed by atoms with E-state index in [1.165, 1.54) is 0 Å². The van der Waals surface area contributed by atoms with E-state index >= 15 is 0 Å². The molecule has 3 heteroatoms. The van der Waals surface area contributed by atoms with Gasteiger partial charge in [0.05, 0.1) is 6.61 Å². The third-order valence-electron chi connectivity index (χ3n) is 1.08. The van der Waals surface area contributed by atoms with Gasteiger partial charge in [-0.1, -0.05) is 6.92 Å².